The molecule has 0 spiro atoms. The summed E-state index contributed by atoms with van der Waals surface area (Å²) in [7, 11) is 0. The number of benzene rings is 1. The van der Waals surface area contributed by atoms with Gasteiger partial charge in [0.2, 0.25) is 0 Å². The smallest absolute Gasteiger partial charge is 0.449 e. The van der Waals surface area contributed by atoms with E-state index in [4.69, 9.17) is 10.2 Å². The summed E-state index contributed by atoms with van der Waals surface area (Å²) in [5.74, 6) is -0.645. The van der Waals surface area contributed by atoms with E-state index in [9.17, 15) is 19.7 Å². The van der Waals surface area contributed by atoms with Gasteiger partial charge in [-0.1, -0.05) is 12.1 Å². The number of pyridine rings is 1. The van der Waals surface area contributed by atoms with Crippen molar-refractivity contribution in [2.75, 3.05) is 0 Å². The number of nitro benzene ring substituents is 1. The fourth-order valence-electron chi connectivity index (χ4n) is 1.83. The van der Waals surface area contributed by atoms with Crippen LogP contribution in [-0.4, -0.2) is 32.4 Å². The van der Waals surface area contributed by atoms with Gasteiger partial charge < -0.3 is 19.7 Å². The lowest BCUT2D eigenvalue weighted by Crippen LogP contribution is -2.08. The van der Waals surface area contributed by atoms with Crippen molar-refractivity contribution in [3.8, 4) is 22.6 Å². The van der Waals surface area contributed by atoms with Crippen molar-refractivity contribution < 1.29 is 34.2 Å². The minimum Gasteiger partial charge on any atom is -0.449 e. The van der Waals surface area contributed by atoms with Gasteiger partial charge in [-0.3, -0.25) is 15.1 Å². The summed E-state index contributed by atoms with van der Waals surface area (Å²) in [6.45, 7) is 0. The van der Waals surface area contributed by atoms with E-state index in [-0.39, 0.29) is 28.3 Å². The Morgan fingerprint density at radius 2 is 1.65 bits per heavy atom. The topological polar surface area (TPSA) is 149 Å². The lowest BCUT2D eigenvalue weighted by Gasteiger charge is -2.11. The molecule has 0 saturated heterocycles. The van der Waals surface area contributed by atoms with Crippen LogP contribution in [0.25, 0.3) is 11.1 Å². The second kappa shape index (κ2) is 6.39. The van der Waals surface area contributed by atoms with E-state index in [1.807, 2.05) is 0 Å². The van der Waals surface area contributed by atoms with Crippen molar-refractivity contribution in [3.05, 3.63) is 46.8 Å². The largest absolute Gasteiger partial charge is 0.511 e. The Hall–Kier alpha value is -3.69. The molecule has 0 radical (unpaired) electrons. The van der Waals surface area contributed by atoms with Crippen molar-refractivity contribution >= 4 is 18.0 Å². The Balaban J connectivity index is 2.65. The van der Waals surface area contributed by atoms with Crippen molar-refractivity contribution in [2.45, 2.75) is 0 Å². The molecular weight excluding hydrogens is 312 g/mol. The van der Waals surface area contributed by atoms with Crippen LogP contribution >= 0.6 is 0 Å². The van der Waals surface area contributed by atoms with Crippen molar-refractivity contribution in [3.63, 3.8) is 0 Å². The molecule has 0 saturated carbocycles. The highest BCUT2D eigenvalue weighted by Gasteiger charge is 2.20. The van der Waals surface area contributed by atoms with E-state index in [0.717, 1.165) is 18.5 Å². The number of ether oxygens (including phenoxy) is 2. The number of nitro groups is 1. The fourth-order valence-corrected chi connectivity index (χ4v) is 1.83. The maximum Gasteiger partial charge on any atom is 0.511 e. The van der Waals surface area contributed by atoms with Gasteiger partial charge in [-0.15, -0.1) is 0 Å². The van der Waals surface area contributed by atoms with Crippen LogP contribution in [0, 0.1) is 10.1 Å². The first-order chi connectivity index (χ1) is 10.9. The third kappa shape index (κ3) is 3.69. The summed E-state index contributed by atoms with van der Waals surface area (Å²) in [6, 6.07) is 5.10. The number of carbonyl (C=O) groups is 2. The summed E-state index contributed by atoms with van der Waals surface area (Å²) in [5, 5.41) is 28.3. The van der Waals surface area contributed by atoms with Crippen molar-refractivity contribution in [1.82, 2.24) is 4.98 Å². The Morgan fingerprint density at radius 3 is 2.13 bits per heavy atom. The molecule has 2 N–H and O–H groups in total. The molecule has 10 nitrogen and oxygen atoms in total. The summed E-state index contributed by atoms with van der Waals surface area (Å²) >= 11 is 0. The van der Waals surface area contributed by atoms with Gasteiger partial charge in [-0.05, 0) is 5.56 Å². The number of nitrogens with zero attached hydrogens (tertiary/aromatic N) is 2. The SMILES string of the molecule is O=C(O)Oc1cncc(OC(=O)O)c1-c1cccc([N+](=O)[O-])c1. The predicted octanol–water partition coefficient (Wildman–Crippen LogP) is 2.77. The van der Waals surface area contributed by atoms with Crippen LogP contribution in [0.2, 0.25) is 0 Å². The van der Waals surface area contributed by atoms with Crippen LogP contribution in [0.1, 0.15) is 0 Å². The van der Waals surface area contributed by atoms with E-state index in [2.05, 4.69) is 14.5 Å². The zero-order valence-electron chi connectivity index (χ0n) is 11.2. The first kappa shape index (κ1) is 15.7. The van der Waals surface area contributed by atoms with Gasteiger partial charge in [0.15, 0.2) is 11.5 Å². The quantitative estimate of drug-likeness (QED) is 0.492. The van der Waals surface area contributed by atoms with Crippen molar-refractivity contribution in [1.29, 1.82) is 0 Å². The van der Waals surface area contributed by atoms with E-state index in [1.54, 1.807) is 0 Å². The number of hydrogen-bond donors (Lipinski definition) is 2. The third-order valence-corrected chi connectivity index (χ3v) is 2.62. The Kier molecular flexibility index (Phi) is 4.36. The number of rotatable bonds is 4. The van der Waals surface area contributed by atoms with Crippen LogP contribution in [0.3, 0.4) is 0 Å². The van der Waals surface area contributed by atoms with Crippen LogP contribution in [0.4, 0.5) is 15.3 Å². The second-order valence-corrected chi connectivity index (χ2v) is 4.05. The Bertz CT molecular complexity index is 755. The maximum absolute atomic E-state index is 10.9. The van der Waals surface area contributed by atoms with Gasteiger partial charge in [0.1, 0.15) is 0 Å². The third-order valence-electron chi connectivity index (χ3n) is 2.62. The molecule has 23 heavy (non-hydrogen) atoms. The van der Waals surface area contributed by atoms with Crippen LogP contribution in [-0.2, 0) is 0 Å². The molecule has 0 unspecified atom stereocenters. The zero-order valence-corrected chi connectivity index (χ0v) is 11.2. The van der Waals surface area contributed by atoms with Gasteiger partial charge >= 0.3 is 12.3 Å². The molecule has 1 heterocycles. The number of non-ortho nitro benzene ring substituents is 1. The molecule has 0 atom stereocenters. The standard InChI is InChI=1S/C13H8N2O8/c16-12(17)22-9-5-14-6-10(23-13(18)19)11(9)7-2-1-3-8(4-7)15(20)21/h1-6H,(H,16,17)(H,18,19). The Morgan fingerprint density at radius 1 is 1.09 bits per heavy atom. The van der Waals surface area contributed by atoms with E-state index in [0.29, 0.717) is 0 Å². The highest BCUT2D eigenvalue weighted by atomic mass is 16.7. The molecule has 0 bridgehead atoms. The van der Waals surface area contributed by atoms with Crippen LogP contribution < -0.4 is 9.47 Å². The average Bonchev–Trinajstić information content (AvgIpc) is 2.46. The van der Waals surface area contributed by atoms with Gasteiger partial charge in [-0.25, -0.2) is 9.59 Å². The first-order valence-corrected chi connectivity index (χ1v) is 5.93. The highest BCUT2D eigenvalue weighted by Crippen LogP contribution is 2.39. The molecule has 0 fully saturated rings. The number of hydrogen-bond acceptors (Lipinski definition) is 7. The molecule has 1 aromatic carbocycles. The average molecular weight is 320 g/mol. The first-order valence-electron chi connectivity index (χ1n) is 5.93. The second-order valence-electron chi connectivity index (χ2n) is 4.05. The van der Waals surface area contributed by atoms with Gasteiger partial charge in [0, 0.05) is 12.1 Å². The lowest BCUT2D eigenvalue weighted by atomic mass is 10.0. The Labute approximate surface area is 127 Å². The van der Waals surface area contributed by atoms with Crippen LogP contribution in [0.15, 0.2) is 36.7 Å². The monoisotopic (exact) mass is 320 g/mol. The molecule has 0 aliphatic heterocycles. The summed E-state index contributed by atoms with van der Waals surface area (Å²) in [5.41, 5.74) is -0.232. The van der Waals surface area contributed by atoms with Gasteiger partial charge in [-0.2, -0.15) is 0 Å². The molecule has 2 aromatic rings. The predicted molar refractivity (Wildman–Crippen MR) is 73.6 cm³/mol. The molecule has 2 rings (SSSR count). The van der Waals surface area contributed by atoms with E-state index >= 15 is 0 Å². The highest BCUT2D eigenvalue weighted by molar-refractivity contribution is 5.81. The molecule has 0 amide bonds. The minimum absolute atomic E-state index is 0.0894. The normalized spacial score (nSPS) is 9.91. The summed E-state index contributed by atoms with van der Waals surface area (Å²) in [6.07, 6.45) is -1.27. The number of aromatic nitrogens is 1. The van der Waals surface area contributed by atoms with E-state index in [1.165, 1.54) is 18.2 Å². The molecule has 118 valence electrons. The van der Waals surface area contributed by atoms with Crippen LogP contribution in [0.5, 0.6) is 11.5 Å². The molecular formula is C13H8N2O8. The van der Waals surface area contributed by atoms with Gasteiger partial charge in [0.25, 0.3) is 5.69 Å². The zero-order chi connectivity index (χ0) is 17.0. The minimum atomic E-state index is -1.66. The fraction of sp³-hybridized carbons (Fsp3) is 0. The molecule has 10 heteroatoms. The van der Waals surface area contributed by atoms with Gasteiger partial charge in [0.05, 0.1) is 22.9 Å². The van der Waals surface area contributed by atoms with E-state index < -0.39 is 17.2 Å². The maximum atomic E-state index is 10.9. The summed E-state index contributed by atoms with van der Waals surface area (Å²) in [4.78, 5) is 35.3. The molecule has 0 aliphatic carbocycles. The number of carboxylic acid groups (broad SMARTS) is 2. The molecule has 1 aromatic heterocycles. The molecule has 0 aliphatic rings. The summed E-state index contributed by atoms with van der Waals surface area (Å²) < 4.78 is 9.07. The van der Waals surface area contributed by atoms with Crippen molar-refractivity contribution in [2.24, 2.45) is 0 Å². The lowest BCUT2D eigenvalue weighted by molar-refractivity contribution is -0.384.